The molecule has 0 saturated carbocycles. The molecular formula is C20H14N2O2S. The zero-order chi connectivity index (χ0) is 17.4. The highest BCUT2D eigenvalue weighted by Crippen LogP contribution is 2.33. The van der Waals surface area contributed by atoms with E-state index in [0.717, 1.165) is 31.9 Å². The Kier molecular flexibility index (Phi) is 3.71. The van der Waals surface area contributed by atoms with Crippen LogP contribution in [0.4, 0.5) is 0 Å². The number of phenols is 1. The second-order valence-corrected chi connectivity index (χ2v) is 6.69. The highest BCUT2D eigenvalue weighted by atomic mass is 32.1. The molecule has 25 heavy (non-hydrogen) atoms. The minimum Gasteiger partial charge on any atom is -0.508 e. The topological polar surface area (TPSA) is 76.2 Å². The van der Waals surface area contributed by atoms with Crippen molar-refractivity contribution >= 4 is 27.5 Å². The van der Waals surface area contributed by atoms with Gasteiger partial charge in [-0.3, -0.25) is 4.79 Å². The molecule has 122 valence electrons. The molecule has 4 rings (SSSR count). The molecule has 1 heterocycles. The van der Waals surface area contributed by atoms with E-state index in [4.69, 9.17) is 5.73 Å². The van der Waals surface area contributed by atoms with Gasteiger partial charge in [-0.2, -0.15) is 0 Å². The summed E-state index contributed by atoms with van der Waals surface area (Å²) in [6.07, 6.45) is 0. The van der Waals surface area contributed by atoms with E-state index in [2.05, 4.69) is 4.98 Å². The summed E-state index contributed by atoms with van der Waals surface area (Å²) in [4.78, 5) is 16.2. The van der Waals surface area contributed by atoms with Crippen molar-refractivity contribution in [1.82, 2.24) is 4.98 Å². The quantitative estimate of drug-likeness (QED) is 0.576. The molecule has 0 aliphatic carbocycles. The van der Waals surface area contributed by atoms with Gasteiger partial charge < -0.3 is 10.8 Å². The van der Waals surface area contributed by atoms with Crippen LogP contribution in [-0.2, 0) is 0 Å². The van der Waals surface area contributed by atoms with Gasteiger partial charge in [0.25, 0.3) is 0 Å². The SMILES string of the molecule is NC(=O)c1ccccc1-c1ccc(-c2nc3ccc(O)cc3s2)cc1. The zero-order valence-corrected chi connectivity index (χ0v) is 14.0. The van der Waals surface area contributed by atoms with E-state index in [-0.39, 0.29) is 5.75 Å². The molecule has 0 radical (unpaired) electrons. The Hall–Kier alpha value is -3.18. The molecule has 3 aromatic carbocycles. The minimum atomic E-state index is -0.439. The maximum absolute atomic E-state index is 11.6. The number of benzene rings is 3. The number of thiazole rings is 1. The molecule has 0 aliphatic heterocycles. The Balaban J connectivity index is 1.73. The van der Waals surface area contributed by atoms with Crippen LogP contribution in [-0.4, -0.2) is 16.0 Å². The normalized spacial score (nSPS) is 10.9. The highest BCUT2D eigenvalue weighted by molar-refractivity contribution is 7.21. The van der Waals surface area contributed by atoms with Gasteiger partial charge in [0, 0.05) is 11.1 Å². The fraction of sp³-hybridized carbons (Fsp3) is 0. The first-order valence-corrected chi connectivity index (χ1v) is 8.53. The number of primary amides is 1. The van der Waals surface area contributed by atoms with E-state index < -0.39 is 5.91 Å². The molecule has 0 unspecified atom stereocenters. The Morgan fingerprint density at radius 3 is 2.44 bits per heavy atom. The second-order valence-electron chi connectivity index (χ2n) is 5.66. The molecule has 1 aromatic heterocycles. The third-order valence-electron chi connectivity index (χ3n) is 4.01. The van der Waals surface area contributed by atoms with Crippen molar-refractivity contribution in [2.45, 2.75) is 0 Å². The van der Waals surface area contributed by atoms with E-state index in [1.54, 1.807) is 24.3 Å². The molecule has 4 aromatic rings. The van der Waals surface area contributed by atoms with Crippen LogP contribution in [0.25, 0.3) is 31.9 Å². The largest absolute Gasteiger partial charge is 0.508 e. The number of amides is 1. The zero-order valence-electron chi connectivity index (χ0n) is 13.1. The number of rotatable bonds is 3. The first-order valence-electron chi connectivity index (χ1n) is 7.71. The third-order valence-corrected chi connectivity index (χ3v) is 5.07. The van der Waals surface area contributed by atoms with Crippen molar-refractivity contribution in [1.29, 1.82) is 0 Å². The maximum atomic E-state index is 11.6. The average Bonchev–Trinajstić information content (AvgIpc) is 3.05. The van der Waals surface area contributed by atoms with Crippen LogP contribution in [0, 0.1) is 0 Å². The lowest BCUT2D eigenvalue weighted by atomic mass is 9.98. The van der Waals surface area contributed by atoms with E-state index in [9.17, 15) is 9.90 Å². The fourth-order valence-electron chi connectivity index (χ4n) is 2.78. The van der Waals surface area contributed by atoms with Crippen LogP contribution in [0.5, 0.6) is 5.75 Å². The first kappa shape index (κ1) is 15.4. The summed E-state index contributed by atoms with van der Waals surface area (Å²) in [7, 11) is 0. The lowest BCUT2D eigenvalue weighted by Gasteiger charge is -2.07. The highest BCUT2D eigenvalue weighted by Gasteiger charge is 2.11. The molecule has 5 heteroatoms. The van der Waals surface area contributed by atoms with Gasteiger partial charge >= 0.3 is 0 Å². The molecule has 0 saturated heterocycles. The van der Waals surface area contributed by atoms with Gasteiger partial charge in [0.1, 0.15) is 10.8 Å². The summed E-state index contributed by atoms with van der Waals surface area (Å²) in [5, 5.41) is 10.5. The maximum Gasteiger partial charge on any atom is 0.249 e. The molecule has 1 amide bonds. The standard InChI is InChI=1S/C20H14N2O2S/c21-19(24)16-4-2-1-3-15(16)12-5-7-13(8-6-12)20-22-17-10-9-14(23)11-18(17)25-20/h1-11,23H,(H2,21,24). The average molecular weight is 346 g/mol. The van der Waals surface area contributed by atoms with Crippen LogP contribution in [0.15, 0.2) is 66.7 Å². The Labute approximate surface area is 148 Å². The van der Waals surface area contributed by atoms with Gasteiger partial charge in [-0.25, -0.2) is 4.98 Å². The van der Waals surface area contributed by atoms with E-state index >= 15 is 0 Å². The number of aromatic hydroxyl groups is 1. The lowest BCUT2D eigenvalue weighted by molar-refractivity contribution is 0.100. The Morgan fingerprint density at radius 2 is 1.68 bits per heavy atom. The lowest BCUT2D eigenvalue weighted by Crippen LogP contribution is -2.12. The molecular weight excluding hydrogens is 332 g/mol. The van der Waals surface area contributed by atoms with E-state index in [1.807, 2.05) is 42.5 Å². The van der Waals surface area contributed by atoms with Crippen molar-refractivity contribution < 1.29 is 9.90 Å². The summed E-state index contributed by atoms with van der Waals surface area (Å²) in [6.45, 7) is 0. The fourth-order valence-corrected chi connectivity index (χ4v) is 3.78. The number of phenolic OH excluding ortho intramolecular Hbond substituents is 1. The molecule has 0 atom stereocenters. The number of hydrogen-bond acceptors (Lipinski definition) is 4. The van der Waals surface area contributed by atoms with Gasteiger partial charge in [-0.1, -0.05) is 42.5 Å². The number of nitrogens with zero attached hydrogens (tertiary/aromatic N) is 1. The Morgan fingerprint density at radius 1 is 0.960 bits per heavy atom. The van der Waals surface area contributed by atoms with E-state index in [1.165, 1.54) is 11.3 Å². The molecule has 3 N–H and O–H groups in total. The van der Waals surface area contributed by atoms with Gasteiger partial charge in [0.05, 0.1) is 10.2 Å². The predicted molar refractivity (Wildman–Crippen MR) is 101 cm³/mol. The summed E-state index contributed by atoms with van der Waals surface area (Å²) < 4.78 is 0.943. The van der Waals surface area contributed by atoms with Gasteiger partial charge in [-0.05, 0) is 35.4 Å². The summed E-state index contributed by atoms with van der Waals surface area (Å²) in [5.41, 5.74) is 9.56. The number of aromatic nitrogens is 1. The van der Waals surface area contributed by atoms with Crippen LogP contribution < -0.4 is 5.73 Å². The second kappa shape index (κ2) is 6.03. The molecule has 4 nitrogen and oxygen atoms in total. The molecule has 0 spiro atoms. The molecule has 0 aliphatic rings. The summed E-state index contributed by atoms with van der Waals surface area (Å²) in [5.74, 6) is -0.202. The first-order chi connectivity index (χ1) is 12.1. The van der Waals surface area contributed by atoms with E-state index in [0.29, 0.717) is 5.56 Å². The smallest absolute Gasteiger partial charge is 0.249 e. The van der Waals surface area contributed by atoms with Crippen LogP contribution in [0.2, 0.25) is 0 Å². The van der Waals surface area contributed by atoms with Crippen LogP contribution in [0.3, 0.4) is 0 Å². The van der Waals surface area contributed by atoms with Gasteiger partial charge in [0.15, 0.2) is 0 Å². The molecule has 0 fully saturated rings. The number of fused-ring (bicyclic) bond motifs is 1. The third kappa shape index (κ3) is 2.86. The van der Waals surface area contributed by atoms with Crippen molar-refractivity contribution in [2.24, 2.45) is 5.73 Å². The van der Waals surface area contributed by atoms with Gasteiger partial charge in [0.2, 0.25) is 5.91 Å². The summed E-state index contributed by atoms with van der Waals surface area (Å²) in [6, 6.07) is 20.3. The predicted octanol–water partition coefficient (Wildman–Crippen LogP) is 4.43. The number of carbonyl (C=O) groups is 1. The minimum absolute atomic E-state index is 0.237. The summed E-state index contributed by atoms with van der Waals surface area (Å²) >= 11 is 1.53. The number of nitrogens with two attached hydrogens (primary N) is 1. The molecule has 0 bridgehead atoms. The number of carbonyl (C=O) groups excluding carboxylic acids is 1. The van der Waals surface area contributed by atoms with Crippen molar-refractivity contribution in [3.63, 3.8) is 0 Å². The van der Waals surface area contributed by atoms with Crippen LogP contribution >= 0.6 is 11.3 Å². The van der Waals surface area contributed by atoms with Gasteiger partial charge in [-0.15, -0.1) is 11.3 Å². The van der Waals surface area contributed by atoms with Crippen molar-refractivity contribution in [3.05, 3.63) is 72.3 Å². The Bertz CT molecular complexity index is 1080. The monoisotopic (exact) mass is 346 g/mol. The van der Waals surface area contributed by atoms with Crippen molar-refractivity contribution in [3.8, 4) is 27.4 Å². The van der Waals surface area contributed by atoms with Crippen LogP contribution in [0.1, 0.15) is 10.4 Å². The number of hydrogen-bond donors (Lipinski definition) is 2. The van der Waals surface area contributed by atoms with Crippen molar-refractivity contribution in [2.75, 3.05) is 0 Å².